The molecule has 186 valence electrons. The molecule has 1 unspecified atom stereocenters. The van der Waals surface area contributed by atoms with Crippen molar-refractivity contribution < 1.29 is 28.8 Å². The summed E-state index contributed by atoms with van der Waals surface area (Å²) in [6.07, 6.45) is 9.27. The molecule has 0 bridgehead atoms. The number of ether oxygens (including phenoxy) is 4. The van der Waals surface area contributed by atoms with Crippen molar-refractivity contribution in [3.05, 3.63) is 46.6 Å². The standard InChI is InChI=1S/C27H42O6/c1-7-8-9-13-23-18-25(28)24(15-14-21(4)12-10-11-20(2)3)26(19-23)32-22(5)33-27(29)31-17-16-30-6/h11,14,18-19,22,28H,7-10,12-13,15-17H2,1-6H3. The molecule has 6 nitrogen and oxygen atoms in total. The highest BCUT2D eigenvalue weighted by molar-refractivity contribution is 5.60. The van der Waals surface area contributed by atoms with Crippen LogP contribution in [0.4, 0.5) is 4.79 Å². The molecule has 0 radical (unpaired) electrons. The molecule has 1 aromatic rings. The maximum absolute atomic E-state index is 11.8. The van der Waals surface area contributed by atoms with Gasteiger partial charge < -0.3 is 24.1 Å². The van der Waals surface area contributed by atoms with E-state index in [4.69, 9.17) is 18.9 Å². The van der Waals surface area contributed by atoms with Crippen LogP contribution in [-0.2, 0) is 27.1 Å². The quantitative estimate of drug-likeness (QED) is 0.132. The summed E-state index contributed by atoms with van der Waals surface area (Å²) in [5.41, 5.74) is 4.23. The second-order valence-corrected chi connectivity index (χ2v) is 8.52. The molecule has 0 saturated heterocycles. The second kappa shape index (κ2) is 16.2. The highest BCUT2D eigenvalue weighted by Gasteiger charge is 2.17. The Balaban J connectivity index is 2.96. The van der Waals surface area contributed by atoms with Gasteiger partial charge in [-0.05, 0) is 70.6 Å². The van der Waals surface area contributed by atoms with Gasteiger partial charge in [-0.3, -0.25) is 0 Å². The molecule has 0 aliphatic heterocycles. The number of hydrogen-bond donors (Lipinski definition) is 1. The van der Waals surface area contributed by atoms with Crippen molar-refractivity contribution in [1.82, 2.24) is 0 Å². The Hall–Kier alpha value is -2.47. The lowest BCUT2D eigenvalue weighted by Crippen LogP contribution is -2.23. The summed E-state index contributed by atoms with van der Waals surface area (Å²) in [5.74, 6) is 0.717. The van der Waals surface area contributed by atoms with Crippen molar-refractivity contribution in [2.75, 3.05) is 20.3 Å². The first-order valence-electron chi connectivity index (χ1n) is 11.9. The van der Waals surface area contributed by atoms with Gasteiger partial charge in [0.15, 0.2) is 0 Å². The molecule has 33 heavy (non-hydrogen) atoms. The molecule has 0 saturated carbocycles. The van der Waals surface area contributed by atoms with Crippen molar-refractivity contribution in [2.45, 2.75) is 85.9 Å². The molecule has 0 aliphatic rings. The summed E-state index contributed by atoms with van der Waals surface area (Å²) in [5, 5.41) is 10.8. The highest BCUT2D eigenvalue weighted by Crippen LogP contribution is 2.33. The van der Waals surface area contributed by atoms with Crippen LogP contribution in [0.1, 0.15) is 77.8 Å². The van der Waals surface area contributed by atoms with Crippen molar-refractivity contribution in [3.8, 4) is 11.5 Å². The molecule has 0 aliphatic carbocycles. The molecule has 0 spiro atoms. The van der Waals surface area contributed by atoms with Gasteiger partial charge in [-0.2, -0.15) is 0 Å². The number of hydrogen-bond acceptors (Lipinski definition) is 6. The Labute approximate surface area is 199 Å². The van der Waals surface area contributed by atoms with Crippen molar-refractivity contribution in [3.63, 3.8) is 0 Å². The van der Waals surface area contributed by atoms with Crippen LogP contribution in [0.3, 0.4) is 0 Å². The Bertz CT molecular complexity index is 777. The normalized spacial score (nSPS) is 12.2. The minimum atomic E-state index is -0.869. The lowest BCUT2D eigenvalue weighted by atomic mass is 10.00. The van der Waals surface area contributed by atoms with E-state index in [0.717, 1.165) is 44.1 Å². The fraction of sp³-hybridized carbons (Fsp3) is 0.593. The van der Waals surface area contributed by atoms with Gasteiger partial charge in [0.05, 0.1) is 6.61 Å². The largest absolute Gasteiger partial charge is 0.511 e. The molecular formula is C27H42O6. The first-order chi connectivity index (χ1) is 15.8. The summed E-state index contributed by atoms with van der Waals surface area (Å²) in [4.78, 5) is 11.8. The van der Waals surface area contributed by atoms with Crippen LogP contribution >= 0.6 is 0 Å². The van der Waals surface area contributed by atoms with Crippen LogP contribution < -0.4 is 4.74 Å². The number of benzene rings is 1. The lowest BCUT2D eigenvalue weighted by Gasteiger charge is -2.19. The van der Waals surface area contributed by atoms with Gasteiger partial charge in [-0.15, -0.1) is 0 Å². The van der Waals surface area contributed by atoms with Crippen LogP contribution in [-0.4, -0.2) is 37.9 Å². The fourth-order valence-electron chi connectivity index (χ4n) is 3.27. The van der Waals surface area contributed by atoms with Crippen LogP contribution in [0.15, 0.2) is 35.4 Å². The molecular weight excluding hydrogens is 420 g/mol. The smallest absolute Gasteiger partial charge is 0.508 e. The van der Waals surface area contributed by atoms with E-state index in [1.54, 1.807) is 6.92 Å². The van der Waals surface area contributed by atoms with Crippen LogP contribution in [0, 0.1) is 0 Å². The number of carbonyl (C=O) groups is 1. The number of phenolic OH excluding ortho intramolecular Hbond substituents is 1. The summed E-state index contributed by atoms with van der Waals surface area (Å²) in [7, 11) is 1.53. The average molecular weight is 463 g/mol. The minimum Gasteiger partial charge on any atom is -0.508 e. The Morgan fingerprint density at radius 2 is 1.88 bits per heavy atom. The molecule has 0 fully saturated rings. The van der Waals surface area contributed by atoms with Gasteiger partial charge in [0, 0.05) is 19.6 Å². The van der Waals surface area contributed by atoms with E-state index in [0.29, 0.717) is 24.3 Å². The predicted octanol–water partition coefficient (Wildman–Crippen LogP) is 6.88. The summed E-state index contributed by atoms with van der Waals surface area (Å²) in [6.45, 7) is 10.5. The average Bonchev–Trinajstić information content (AvgIpc) is 2.73. The summed E-state index contributed by atoms with van der Waals surface area (Å²) >= 11 is 0. The lowest BCUT2D eigenvalue weighted by molar-refractivity contribution is -0.0572. The predicted molar refractivity (Wildman–Crippen MR) is 132 cm³/mol. The number of aromatic hydroxyl groups is 1. The van der Waals surface area contributed by atoms with E-state index in [1.807, 2.05) is 12.1 Å². The number of carbonyl (C=O) groups excluding carboxylic acids is 1. The van der Waals surface area contributed by atoms with Crippen LogP contribution in [0.25, 0.3) is 0 Å². The molecule has 1 atom stereocenters. The van der Waals surface area contributed by atoms with Gasteiger partial charge in [0.1, 0.15) is 18.1 Å². The van der Waals surface area contributed by atoms with E-state index < -0.39 is 12.4 Å². The molecule has 1 N–H and O–H groups in total. The Morgan fingerprint density at radius 1 is 1.12 bits per heavy atom. The van der Waals surface area contributed by atoms with E-state index >= 15 is 0 Å². The Kier molecular flexibility index (Phi) is 14.0. The number of allylic oxidation sites excluding steroid dienone is 4. The molecule has 0 heterocycles. The number of unbranched alkanes of at least 4 members (excludes halogenated alkanes) is 2. The van der Waals surface area contributed by atoms with E-state index in [2.05, 4.69) is 39.8 Å². The SMILES string of the molecule is CCCCCc1cc(O)c(CC=C(C)CCC=C(C)C)c(OC(C)OC(=O)OCCOC)c1. The number of aryl methyl sites for hydroxylation is 1. The molecule has 6 heteroatoms. The van der Waals surface area contributed by atoms with Gasteiger partial charge in [-0.25, -0.2) is 4.79 Å². The number of methoxy groups -OCH3 is 1. The highest BCUT2D eigenvalue weighted by atomic mass is 16.8. The van der Waals surface area contributed by atoms with Gasteiger partial charge >= 0.3 is 6.16 Å². The van der Waals surface area contributed by atoms with Crippen LogP contribution in [0.2, 0.25) is 0 Å². The van der Waals surface area contributed by atoms with Crippen molar-refractivity contribution in [2.24, 2.45) is 0 Å². The number of phenols is 1. The van der Waals surface area contributed by atoms with Crippen molar-refractivity contribution in [1.29, 1.82) is 0 Å². The van der Waals surface area contributed by atoms with Crippen LogP contribution in [0.5, 0.6) is 11.5 Å². The molecule has 1 rings (SSSR count). The first-order valence-corrected chi connectivity index (χ1v) is 11.9. The maximum Gasteiger partial charge on any atom is 0.511 e. The van der Waals surface area contributed by atoms with Gasteiger partial charge in [0.25, 0.3) is 0 Å². The molecule has 0 amide bonds. The minimum absolute atomic E-state index is 0.109. The van der Waals surface area contributed by atoms with Crippen molar-refractivity contribution >= 4 is 6.16 Å². The van der Waals surface area contributed by atoms with E-state index in [9.17, 15) is 9.90 Å². The van der Waals surface area contributed by atoms with Gasteiger partial charge in [0.2, 0.25) is 6.29 Å². The fourth-order valence-corrected chi connectivity index (χ4v) is 3.27. The number of rotatable bonds is 15. The summed E-state index contributed by atoms with van der Waals surface area (Å²) < 4.78 is 20.9. The van der Waals surface area contributed by atoms with Gasteiger partial charge in [-0.1, -0.05) is 43.1 Å². The third-order valence-electron chi connectivity index (χ3n) is 5.12. The zero-order valence-electron chi connectivity index (χ0n) is 21.2. The monoisotopic (exact) mass is 462 g/mol. The summed E-state index contributed by atoms with van der Waals surface area (Å²) in [6, 6.07) is 3.75. The maximum atomic E-state index is 11.8. The third-order valence-corrected chi connectivity index (χ3v) is 5.12. The molecule has 1 aromatic carbocycles. The second-order valence-electron chi connectivity index (χ2n) is 8.52. The Morgan fingerprint density at radius 3 is 2.55 bits per heavy atom. The van der Waals surface area contributed by atoms with E-state index in [-0.39, 0.29) is 12.4 Å². The molecule has 0 aromatic heterocycles. The first kappa shape index (κ1) is 28.6. The zero-order valence-corrected chi connectivity index (χ0v) is 21.2. The van der Waals surface area contributed by atoms with E-state index in [1.165, 1.54) is 18.3 Å². The third kappa shape index (κ3) is 12.4. The zero-order chi connectivity index (χ0) is 24.6. The topological polar surface area (TPSA) is 74.2 Å².